The van der Waals surface area contributed by atoms with Crippen LogP contribution in [0.5, 0.6) is 0 Å². The molecule has 2 rings (SSSR count). The Labute approximate surface area is 109 Å². The number of primary amides is 1. The summed E-state index contributed by atoms with van der Waals surface area (Å²) in [7, 11) is 0. The second-order valence-corrected chi connectivity index (χ2v) is 4.22. The molecule has 1 fully saturated rings. The highest BCUT2D eigenvalue weighted by Crippen LogP contribution is 2.22. The standard InChI is InChI=1S/C13H13N3O3/c1-8(7-10(14)17)11-12(18)15-16(13(11)19)9-5-3-2-4-6-9/h2-6H,7H2,1H3,(H2,14,17)(H,15,18)/b11-8+. The Morgan fingerprint density at radius 3 is 2.47 bits per heavy atom. The fourth-order valence-corrected chi connectivity index (χ4v) is 1.90. The lowest BCUT2D eigenvalue weighted by Crippen LogP contribution is -2.35. The zero-order valence-corrected chi connectivity index (χ0v) is 10.3. The van der Waals surface area contributed by atoms with Gasteiger partial charge in [-0.05, 0) is 24.6 Å². The van der Waals surface area contributed by atoms with Crippen LogP contribution in [-0.2, 0) is 14.4 Å². The third kappa shape index (κ3) is 2.47. The zero-order valence-electron chi connectivity index (χ0n) is 10.3. The summed E-state index contributed by atoms with van der Waals surface area (Å²) in [5.74, 6) is -1.58. The van der Waals surface area contributed by atoms with Gasteiger partial charge in [0.2, 0.25) is 5.91 Å². The first-order chi connectivity index (χ1) is 9.00. The molecular formula is C13H13N3O3. The maximum absolute atomic E-state index is 12.2. The molecule has 3 N–H and O–H groups in total. The molecule has 0 aromatic heterocycles. The molecule has 1 heterocycles. The van der Waals surface area contributed by atoms with Crippen LogP contribution in [0.25, 0.3) is 0 Å². The molecule has 19 heavy (non-hydrogen) atoms. The van der Waals surface area contributed by atoms with Gasteiger partial charge in [0, 0.05) is 6.42 Å². The molecule has 0 radical (unpaired) electrons. The van der Waals surface area contributed by atoms with Crippen molar-refractivity contribution in [3.05, 3.63) is 41.5 Å². The summed E-state index contributed by atoms with van der Waals surface area (Å²) in [5.41, 5.74) is 8.43. The van der Waals surface area contributed by atoms with Crippen molar-refractivity contribution in [1.82, 2.24) is 5.43 Å². The molecule has 3 amide bonds. The molecule has 0 saturated carbocycles. The van der Waals surface area contributed by atoms with Crippen molar-refractivity contribution in [2.24, 2.45) is 5.73 Å². The Bertz CT molecular complexity index is 578. The van der Waals surface area contributed by atoms with E-state index in [1.165, 1.54) is 0 Å². The Morgan fingerprint density at radius 1 is 1.26 bits per heavy atom. The third-order valence-corrected chi connectivity index (χ3v) is 2.74. The fraction of sp³-hybridized carbons (Fsp3) is 0.154. The number of nitrogens with two attached hydrogens (primary N) is 1. The van der Waals surface area contributed by atoms with Gasteiger partial charge in [-0.25, -0.2) is 5.01 Å². The molecular weight excluding hydrogens is 246 g/mol. The number of amides is 3. The Kier molecular flexibility index (Phi) is 3.33. The summed E-state index contributed by atoms with van der Waals surface area (Å²) < 4.78 is 0. The summed E-state index contributed by atoms with van der Waals surface area (Å²) in [6.45, 7) is 1.55. The van der Waals surface area contributed by atoms with E-state index in [0.29, 0.717) is 11.3 Å². The summed E-state index contributed by atoms with van der Waals surface area (Å²) in [6.07, 6.45) is -0.114. The van der Waals surface area contributed by atoms with E-state index in [4.69, 9.17) is 5.73 Å². The number of carbonyl (C=O) groups is 3. The van der Waals surface area contributed by atoms with Crippen molar-refractivity contribution < 1.29 is 14.4 Å². The maximum Gasteiger partial charge on any atom is 0.282 e. The summed E-state index contributed by atoms with van der Waals surface area (Å²) in [4.78, 5) is 34.8. The summed E-state index contributed by atoms with van der Waals surface area (Å²) in [6, 6.07) is 8.72. The van der Waals surface area contributed by atoms with Gasteiger partial charge >= 0.3 is 0 Å². The average Bonchev–Trinajstić information content (AvgIpc) is 2.65. The minimum absolute atomic E-state index is 0.0253. The first kappa shape index (κ1) is 12.8. The molecule has 1 aromatic carbocycles. The van der Waals surface area contributed by atoms with Gasteiger partial charge in [0.25, 0.3) is 11.8 Å². The summed E-state index contributed by atoms with van der Waals surface area (Å²) in [5, 5.41) is 1.15. The second kappa shape index (κ2) is 4.93. The number of benzene rings is 1. The quantitative estimate of drug-likeness (QED) is 0.602. The van der Waals surface area contributed by atoms with Crippen LogP contribution in [0.1, 0.15) is 13.3 Å². The van der Waals surface area contributed by atoms with Gasteiger partial charge in [-0.15, -0.1) is 0 Å². The predicted octanol–water partition coefficient (Wildman–Crippen LogP) is 0.256. The minimum Gasteiger partial charge on any atom is -0.369 e. The van der Waals surface area contributed by atoms with Crippen LogP contribution >= 0.6 is 0 Å². The molecule has 98 valence electrons. The maximum atomic E-state index is 12.2. The van der Waals surface area contributed by atoms with E-state index in [-0.39, 0.29) is 12.0 Å². The lowest BCUT2D eigenvalue weighted by Gasteiger charge is -2.14. The van der Waals surface area contributed by atoms with Crippen LogP contribution < -0.4 is 16.2 Å². The minimum atomic E-state index is -0.580. The Balaban J connectivity index is 2.34. The molecule has 6 heteroatoms. The number of hydrazine groups is 1. The van der Waals surface area contributed by atoms with Crippen molar-refractivity contribution in [3.8, 4) is 0 Å². The van der Waals surface area contributed by atoms with E-state index in [1.807, 2.05) is 0 Å². The average molecular weight is 259 g/mol. The van der Waals surface area contributed by atoms with Crippen molar-refractivity contribution in [1.29, 1.82) is 0 Å². The van der Waals surface area contributed by atoms with Crippen molar-refractivity contribution in [2.75, 3.05) is 5.01 Å². The highest BCUT2D eigenvalue weighted by molar-refractivity contribution is 6.29. The lowest BCUT2D eigenvalue weighted by molar-refractivity contribution is -0.117. The first-order valence-corrected chi connectivity index (χ1v) is 5.69. The number of hydrogen-bond donors (Lipinski definition) is 2. The molecule has 1 aromatic rings. The van der Waals surface area contributed by atoms with E-state index in [1.54, 1.807) is 37.3 Å². The molecule has 0 unspecified atom stereocenters. The van der Waals surface area contributed by atoms with E-state index in [9.17, 15) is 14.4 Å². The van der Waals surface area contributed by atoms with Gasteiger partial charge in [-0.3, -0.25) is 19.8 Å². The number of hydrogen-bond acceptors (Lipinski definition) is 3. The topological polar surface area (TPSA) is 92.5 Å². The molecule has 1 saturated heterocycles. The molecule has 0 bridgehead atoms. The SMILES string of the molecule is C/C(CC(N)=O)=C1/C(=O)NN(c2ccccc2)C1=O. The smallest absolute Gasteiger partial charge is 0.282 e. The monoisotopic (exact) mass is 259 g/mol. The molecule has 0 spiro atoms. The van der Waals surface area contributed by atoms with Crippen molar-refractivity contribution in [3.63, 3.8) is 0 Å². The van der Waals surface area contributed by atoms with E-state index in [2.05, 4.69) is 5.43 Å². The summed E-state index contributed by atoms with van der Waals surface area (Å²) >= 11 is 0. The normalized spacial score (nSPS) is 17.4. The number of nitrogens with zero attached hydrogens (tertiary/aromatic N) is 1. The molecule has 1 aliphatic rings. The predicted molar refractivity (Wildman–Crippen MR) is 68.6 cm³/mol. The molecule has 0 atom stereocenters. The van der Waals surface area contributed by atoms with Crippen LogP contribution in [0.4, 0.5) is 5.69 Å². The van der Waals surface area contributed by atoms with Gasteiger partial charge in [-0.2, -0.15) is 0 Å². The van der Waals surface area contributed by atoms with Crippen LogP contribution in [0.3, 0.4) is 0 Å². The van der Waals surface area contributed by atoms with Gasteiger partial charge in [-0.1, -0.05) is 18.2 Å². The zero-order chi connectivity index (χ0) is 14.0. The van der Waals surface area contributed by atoms with Crippen LogP contribution in [0, 0.1) is 0 Å². The van der Waals surface area contributed by atoms with Crippen LogP contribution in [0.15, 0.2) is 41.5 Å². The van der Waals surface area contributed by atoms with Crippen LogP contribution in [-0.4, -0.2) is 17.7 Å². The molecule has 6 nitrogen and oxygen atoms in total. The first-order valence-electron chi connectivity index (χ1n) is 5.69. The largest absolute Gasteiger partial charge is 0.369 e. The van der Waals surface area contributed by atoms with E-state index in [0.717, 1.165) is 5.01 Å². The Hall–Kier alpha value is -2.63. The van der Waals surface area contributed by atoms with E-state index >= 15 is 0 Å². The van der Waals surface area contributed by atoms with E-state index < -0.39 is 17.7 Å². The van der Waals surface area contributed by atoms with Crippen LogP contribution in [0.2, 0.25) is 0 Å². The van der Waals surface area contributed by atoms with Gasteiger partial charge in [0.15, 0.2) is 0 Å². The number of carbonyl (C=O) groups excluding carboxylic acids is 3. The molecule has 1 aliphatic heterocycles. The fourth-order valence-electron chi connectivity index (χ4n) is 1.90. The highest BCUT2D eigenvalue weighted by Gasteiger charge is 2.35. The number of rotatable bonds is 3. The van der Waals surface area contributed by atoms with Gasteiger partial charge in [0.05, 0.1) is 5.69 Å². The lowest BCUT2D eigenvalue weighted by atomic mass is 10.1. The number of nitrogens with one attached hydrogen (secondary N) is 1. The van der Waals surface area contributed by atoms with Gasteiger partial charge < -0.3 is 5.73 Å². The van der Waals surface area contributed by atoms with Crippen molar-refractivity contribution >= 4 is 23.4 Å². The third-order valence-electron chi connectivity index (χ3n) is 2.74. The van der Waals surface area contributed by atoms with Crippen molar-refractivity contribution in [2.45, 2.75) is 13.3 Å². The Morgan fingerprint density at radius 2 is 1.89 bits per heavy atom. The number of anilines is 1. The second-order valence-electron chi connectivity index (χ2n) is 4.22. The molecule has 0 aliphatic carbocycles. The van der Waals surface area contributed by atoms with Gasteiger partial charge in [0.1, 0.15) is 5.57 Å². The number of para-hydroxylation sites is 1. The highest BCUT2D eigenvalue weighted by atomic mass is 16.2.